The third kappa shape index (κ3) is 2.40. The summed E-state index contributed by atoms with van der Waals surface area (Å²) in [5.74, 6) is -6.35. The second kappa shape index (κ2) is 4.81. The van der Waals surface area contributed by atoms with Crippen molar-refractivity contribution in [1.82, 2.24) is 0 Å². The second-order valence-corrected chi connectivity index (χ2v) is 5.58. The Morgan fingerprint density at radius 3 is 2.11 bits per heavy atom. The van der Waals surface area contributed by atoms with E-state index >= 15 is 0 Å². The van der Waals surface area contributed by atoms with E-state index in [1.807, 2.05) is 0 Å². The molecule has 0 spiro atoms. The minimum atomic E-state index is -3.33. The van der Waals surface area contributed by atoms with Crippen LogP contribution in [0.2, 0.25) is 0 Å². The smallest absolute Gasteiger partial charge is 0.271 e. The average Bonchev–Trinajstić information content (AvgIpc) is 2.22. The highest BCUT2D eigenvalue weighted by atomic mass is 79.9. The molecule has 1 aromatic rings. The van der Waals surface area contributed by atoms with E-state index in [1.54, 1.807) is 0 Å². The maximum atomic E-state index is 14.0. The SMILES string of the molecule is CC(C)C(F)(F)C(C)(N)c1cc(Br)c(F)cc1F. The Balaban J connectivity index is 3.41. The normalized spacial score (nSPS) is 15.9. The van der Waals surface area contributed by atoms with Crippen molar-refractivity contribution in [3.63, 3.8) is 0 Å². The summed E-state index contributed by atoms with van der Waals surface area (Å²) >= 11 is 2.83. The molecule has 0 aliphatic carbocycles. The molecule has 102 valence electrons. The van der Waals surface area contributed by atoms with Gasteiger partial charge in [-0.25, -0.2) is 17.6 Å². The molecule has 0 saturated heterocycles. The monoisotopic (exact) mass is 327 g/mol. The number of nitrogens with two attached hydrogens (primary N) is 1. The fraction of sp³-hybridized carbons (Fsp3) is 0.500. The molecule has 1 atom stereocenters. The van der Waals surface area contributed by atoms with Crippen LogP contribution in [0.3, 0.4) is 0 Å². The van der Waals surface area contributed by atoms with Crippen molar-refractivity contribution in [2.24, 2.45) is 11.7 Å². The summed E-state index contributed by atoms with van der Waals surface area (Å²) in [5.41, 5.74) is 2.96. The van der Waals surface area contributed by atoms with Crippen LogP contribution in [-0.2, 0) is 5.54 Å². The van der Waals surface area contributed by atoms with Crippen LogP contribution in [0.5, 0.6) is 0 Å². The Hall–Kier alpha value is -0.620. The van der Waals surface area contributed by atoms with Crippen LogP contribution in [0.1, 0.15) is 26.3 Å². The third-order valence-electron chi connectivity index (χ3n) is 2.99. The Bertz CT molecular complexity index is 458. The van der Waals surface area contributed by atoms with Crippen LogP contribution in [0, 0.1) is 17.6 Å². The molecule has 0 aliphatic rings. The van der Waals surface area contributed by atoms with E-state index in [2.05, 4.69) is 15.9 Å². The van der Waals surface area contributed by atoms with Gasteiger partial charge in [0.05, 0.1) is 4.47 Å². The topological polar surface area (TPSA) is 26.0 Å². The van der Waals surface area contributed by atoms with Gasteiger partial charge in [-0.1, -0.05) is 13.8 Å². The largest absolute Gasteiger partial charge is 0.317 e. The molecular formula is C12H14BrF4N. The molecule has 0 amide bonds. The second-order valence-electron chi connectivity index (χ2n) is 4.73. The minimum Gasteiger partial charge on any atom is -0.317 e. The first-order valence-electron chi connectivity index (χ1n) is 5.33. The molecule has 6 heteroatoms. The number of halogens is 5. The maximum absolute atomic E-state index is 14.0. The van der Waals surface area contributed by atoms with Crippen molar-refractivity contribution in [1.29, 1.82) is 0 Å². The Morgan fingerprint density at radius 1 is 1.17 bits per heavy atom. The van der Waals surface area contributed by atoms with Gasteiger partial charge < -0.3 is 5.73 Å². The van der Waals surface area contributed by atoms with E-state index in [0.29, 0.717) is 6.07 Å². The summed E-state index contributed by atoms with van der Waals surface area (Å²) in [5, 5.41) is 0. The molecule has 1 unspecified atom stereocenters. The van der Waals surface area contributed by atoms with Gasteiger partial charge in [0.2, 0.25) is 0 Å². The summed E-state index contributed by atoms with van der Waals surface area (Å²) in [4.78, 5) is 0. The van der Waals surface area contributed by atoms with Gasteiger partial charge in [-0.05, 0) is 28.9 Å². The lowest BCUT2D eigenvalue weighted by molar-refractivity contribution is -0.110. The lowest BCUT2D eigenvalue weighted by Crippen LogP contribution is -2.53. The van der Waals surface area contributed by atoms with Gasteiger partial charge in [-0.3, -0.25) is 0 Å². The highest BCUT2D eigenvalue weighted by Gasteiger charge is 2.52. The number of benzene rings is 1. The number of rotatable bonds is 3. The van der Waals surface area contributed by atoms with Gasteiger partial charge in [0.15, 0.2) is 0 Å². The molecular weight excluding hydrogens is 314 g/mol. The van der Waals surface area contributed by atoms with E-state index < -0.39 is 34.6 Å². The van der Waals surface area contributed by atoms with Crippen molar-refractivity contribution < 1.29 is 17.6 Å². The molecule has 0 saturated carbocycles. The van der Waals surface area contributed by atoms with Crippen LogP contribution in [0.4, 0.5) is 17.6 Å². The molecule has 0 fully saturated rings. The molecule has 1 aromatic carbocycles. The fourth-order valence-electron chi connectivity index (χ4n) is 1.70. The summed E-state index contributed by atoms with van der Waals surface area (Å²) in [6.07, 6.45) is 0. The quantitative estimate of drug-likeness (QED) is 0.653. The van der Waals surface area contributed by atoms with E-state index in [4.69, 9.17) is 5.73 Å². The molecule has 0 heterocycles. The highest BCUT2D eigenvalue weighted by molar-refractivity contribution is 9.10. The molecule has 1 rings (SSSR count). The van der Waals surface area contributed by atoms with Gasteiger partial charge in [-0.15, -0.1) is 0 Å². The molecule has 1 nitrogen and oxygen atoms in total. The van der Waals surface area contributed by atoms with E-state index in [0.717, 1.165) is 13.0 Å². The molecule has 2 N–H and O–H groups in total. The Labute approximate surface area is 111 Å². The van der Waals surface area contributed by atoms with Crippen LogP contribution in [0.15, 0.2) is 16.6 Å². The van der Waals surface area contributed by atoms with E-state index in [-0.39, 0.29) is 4.47 Å². The first-order chi connectivity index (χ1) is 8.01. The molecule has 18 heavy (non-hydrogen) atoms. The highest BCUT2D eigenvalue weighted by Crippen LogP contribution is 2.42. The number of alkyl halides is 2. The fourth-order valence-corrected chi connectivity index (χ4v) is 2.04. The lowest BCUT2D eigenvalue weighted by atomic mass is 9.81. The third-order valence-corrected chi connectivity index (χ3v) is 3.59. The van der Waals surface area contributed by atoms with E-state index in [1.165, 1.54) is 13.8 Å². The summed E-state index contributed by atoms with van der Waals surface area (Å²) in [6, 6.07) is 1.50. The zero-order valence-corrected chi connectivity index (χ0v) is 11.8. The van der Waals surface area contributed by atoms with Crippen molar-refractivity contribution in [3.05, 3.63) is 33.8 Å². The van der Waals surface area contributed by atoms with Crippen molar-refractivity contribution in [2.75, 3.05) is 0 Å². The standard InChI is InChI=1S/C12H14BrF4N/c1-6(2)12(16,17)11(3,18)7-4-8(13)10(15)5-9(7)14/h4-6H,18H2,1-3H3. The Morgan fingerprint density at radius 2 is 1.67 bits per heavy atom. The van der Waals surface area contributed by atoms with Crippen LogP contribution >= 0.6 is 15.9 Å². The molecule has 0 bridgehead atoms. The summed E-state index contributed by atoms with van der Waals surface area (Å²) in [6.45, 7) is 3.62. The van der Waals surface area contributed by atoms with Crippen LogP contribution < -0.4 is 5.73 Å². The van der Waals surface area contributed by atoms with Gasteiger partial charge in [0.25, 0.3) is 5.92 Å². The molecule has 0 aromatic heterocycles. The van der Waals surface area contributed by atoms with E-state index in [9.17, 15) is 17.6 Å². The predicted octanol–water partition coefficient (Wildman–Crippen LogP) is 4.19. The Kier molecular flexibility index (Phi) is 4.13. The molecule has 0 radical (unpaired) electrons. The summed E-state index contributed by atoms with van der Waals surface area (Å²) < 4.78 is 54.7. The average molecular weight is 328 g/mol. The maximum Gasteiger partial charge on any atom is 0.271 e. The van der Waals surface area contributed by atoms with Crippen LogP contribution in [0.25, 0.3) is 0 Å². The number of hydrogen-bond donors (Lipinski definition) is 1. The van der Waals surface area contributed by atoms with Gasteiger partial charge in [0.1, 0.15) is 17.2 Å². The minimum absolute atomic E-state index is 0.102. The zero-order valence-electron chi connectivity index (χ0n) is 10.2. The van der Waals surface area contributed by atoms with Crippen molar-refractivity contribution in [2.45, 2.75) is 32.2 Å². The van der Waals surface area contributed by atoms with Gasteiger partial charge in [0, 0.05) is 17.5 Å². The van der Waals surface area contributed by atoms with Crippen LogP contribution in [-0.4, -0.2) is 5.92 Å². The first kappa shape index (κ1) is 15.4. The van der Waals surface area contributed by atoms with Crippen molar-refractivity contribution in [3.8, 4) is 0 Å². The van der Waals surface area contributed by atoms with Gasteiger partial charge >= 0.3 is 0 Å². The van der Waals surface area contributed by atoms with Gasteiger partial charge in [-0.2, -0.15) is 0 Å². The predicted molar refractivity (Wildman–Crippen MR) is 65.4 cm³/mol. The molecule has 0 aliphatic heterocycles. The lowest BCUT2D eigenvalue weighted by Gasteiger charge is -2.37. The summed E-state index contributed by atoms with van der Waals surface area (Å²) in [7, 11) is 0. The first-order valence-corrected chi connectivity index (χ1v) is 6.12. The van der Waals surface area contributed by atoms with Crippen molar-refractivity contribution >= 4 is 15.9 Å². The zero-order chi connectivity index (χ0) is 14.3. The number of hydrogen-bond acceptors (Lipinski definition) is 1.